The Morgan fingerprint density at radius 3 is 2.69 bits per heavy atom. The number of nitrogens with zero attached hydrogens (tertiary/aromatic N) is 6. The second kappa shape index (κ2) is 6.20. The van der Waals surface area contributed by atoms with Crippen LogP contribution >= 0.6 is 0 Å². The van der Waals surface area contributed by atoms with Gasteiger partial charge in [-0.15, -0.1) is 0 Å². The van der Waals surface area contributed by atoms with Gasteiger partial charge in [0.2, 0.25) is 0 Å². The summed E-state index contributed by atoms with van der Waals surface area (Å²) in [5, 5.41) is 1.09. The Bertz CT molecular complexity index is 962. The number of aromatic nitrogens is 4. The Morgan fingerprint density at radius 2 is 1.81 bits per heavy atom. The summed E-state index contributed by atoms with van der Waals surface area (Å²) in [7, 11) is 0. The molecule has 1 aromatic carbocycles. The van der Waals surface area contributed by atoms with Crippen LogP contribution in [0.3, 0.4) is 0 Å². The van der Waals surface area contributed by atoms with E-state index in [1.807, 2.05) is 13.1 Å². The van der Waals surface area contributed by atoms with E-state index in [-0.39, 0.29) is 0 Å². The molecule has 0 spiro atoms. The van der Waals surface area contributed by atoms with Crippen molar-refractivity contribution < 1.29 is 0 Å². The molecule has 2 aliphatic rings. The summed E-state index contributed by atoms with van der Waals surface area (Å²) < 4.78 is 0. The average molecular weight is 346 g/mol. The van der Waals surface area contributed by atoms with Crippen molar-refractivity contribution in [3.63, 3.8) is 0 Å². The fourth-order valence-corrected chi connectivity index (χ4v) is 4.14. The van der Waals surface area contributed by atoms with Crippen molar-refractivity contribution in [3.05, 3.63) is 47.8 Å². The van der Waals surface area contributed by atoms with Crippen molar-refractivity contribution in [2.75, 3.05) is 36.0 Å². The first-order chi connectivity index (χ1) is 12.8. The van der Waals surface area contributed by atoms with Gasteiger partial charge < -0.3 is 9.80 Å². The van der Waals surface area contributed by atoms with Crippen LogP contribution in [0.25, 0.3) is 10.9 Å². The summed E-state index contributed by atoms with van der Waals surface area (Å²) in [4.78, 5) is 22.8. The third-order valence-corrected chi connectivity index (χ3v) is 5.46. The van der Waals surface area contributed by atoms with Gasteiger partial charge in [0.25, 0.3) is 0 Å². The van der Waals surface area contributed by atoms with E-state index in [9.17, 15) is 0 Å². The predicted octanol–water partition coefficient (Wildman–Crippen LogP) is 2.54. The minimum absolute atomic E-state index is 0.901. The molecule has 6 nitrogen and oxygen atoms in total. The molecule has 26 heavy (non-hydrogen) atoms. The molecule has 1 aliphatic heterocycles. The highest BCUT2D eigenvalue weighted by Crippen LogP contribution is 2.30. The van der Waals surface area contributed by atoms with E-state index in [0.717, 1.165) is 55.7 Å². The van der Waals surface area contributed by atoms with Crippen LogP contribution in [0.5, 0.6) is 0 Å². The minimum atomic E-state index is 0.901. The van der Waals surface area contributed by atoms with Crippen molar-refractivity contribution in [1.82, 2.24) is 19.9 Å². The van der Waals surface area contributed by atoms with Crippen molar-refractivity contribution >= 4 is 22.4 Å². The van der Waals surface area contributed by atoms with Gasteiger partial charge in [-0.2, -0.15) is 0 Å². The van der Waals surface area contributed by atoms with Crippen LogP contribution in [0.2, 0.25) is 0 Å². The first-order valence-corrected chi connectivity index (χ1v) is 9.34. The molecule has 0 unspecified atom stereocenters. The summed E-state index contributed by atoms with van der Waals surface area (Å²) >= 11 is 0. The van der Waals surface area contributed by atoms with Crippen LogP contribution in [0, 0.1) is 6.92 Å². The maximum absolute atomic E-state index is 4.79. The fourth-order valence-electron chi connectivity index (χ4n) is 4.14. The largest absolute Gasteiger partial charge is 0.368 e. The maximum Gasteiger partial charge on any atom is 0.135 e. The lowest BCUT2D eigenvalue weighted by Gasteiger charge is -2.37. The highest BCUT2D eigenvalue weighted by molar-refractivity contribution is 5.81. The molecule has 6 heteroatoms. The van der Waals surface area contributed by atoms with Gasteiger partial charge in [-0.1, -0.05) is 0 Å². The lowest BCUT2D eigenvalue weighted by molar-refractivity contribution is 0.643. The van der Waals surface area contributed by atoms with E-state index in [2.05, 4.69) is 43.0 Å². The topological polar surface area (TPSA) is 58.0 Å². The zero-order chi connectivity index (χ0) is 17.5. The van der Waals surface area contributed by atoms with Crippen LogP contribution in [-0.4, -0.2) is 46.1 Å². The van der Waals surface area contributed by atoms with E-state index in [4.69, 9.17) is 4.98 Å². The highest BCUT2D eigenvalue weighted by atomic mass is 15.3. The van der Waals surface area contributed by atoms with Gasteiger partial charge in [-0.3, -0.25) is 0 Å². The number of benzene rings is 1. The standard InChI is InChI=1S/C20H22N6/c1-14-23-19-4-2-3-17(19)20(24-14)26-9-7-25(8-10-26)16-5-6-18-15(11-16)12-21-13-22-18/h5-6,11-13H,2-4,7-10H2,1H3. The van der Waals surface area contributed by atoms with Gasteiger partial charge in [-0.25, -0.2) is 19.9 Å². The second-order valence-corrected chi connectivity index (χ2v) is 7.11. The molecule has 5 rings (SSSR count). The monoisotopic (exact) mass is 346 g/mol. The first kappa shape index (κ1) is 15.5. The Balaban J connectivity index is 1.36. The van der Waals surface area contributed by atoms with Crippen molar-refractivity contribution in [2.24, 2.45) is 0 Å². The molecule has 0 radical (unpaired) electrons. The van der Waals surface area contributed by atoms with Crippen molar-refractivity contribution in [3.8, 4) is 0 Å². The molecule has 1 saturated heterocycles. The molecule has 0 atom stereocenters. The molecular formula is C20H22N6. The average Bonchev–Trinajstić information content (AvgIpc) is 3.15. The Labute approximate surface area is 152 Å². The minimum Gasteiger partial charge on any atom is -0.368 e. The van der Waals surface area contributed by atoms with Crippen LogP contribution in [0.4, 0.5) is 11.5 Å². The summed E-state index contributed by atoms with van der Waals surface area (Å²) in [5.41, 5.74) is 4.89. The number of fused-ring (bicyclic) bond motifs is 2. The number of hydrogen-bond acceptors (Lipinski definition) is 6. The first-order valence-electron chi connectivity index (χ1n) is 9.34. The lowest BCUT2D eigenvalue weighted by Crippen LogP contribution is -2.47. The van der Waals surface area contributed by atoms with Crippen LogP contribution < -0.4 is 9.80 Å². The summed E-state index contributed by atoms with van der Waals surface area (Å²) in [5.74, 6) is 2.08. The zero-order valence-electron chi connectivity index (χ0n) is 15.0. The van der Waals surface area contributed by atoms with Crippen LogP contribution in [0.1, 0.15) is 23.5 Å². The smallest absolute Gasteiger partial charge is 0.135 e. The van der Waals surface area contributed by atoms with Gasteiger partial charge in [0.1, 0.15) is 18.0 Å². The van der Waals surface area contributed by atoms with E-state index < -0.39 is 0 Å². The number of aryl methyl sites for hydroxylation is 2. The fraction of sp³-hybridized carbons (Fsp3) is 0.400. The van der Waals surface area contributed by atoms with E-state index >= 15 is 0 Å². The van der Waals surface area contributed by atoms with E-state index in [1.165, 1.54) is 29.2 Å². The zero-order valence-corrected chi connectivity index (χ0v) is 15.0. The van der Waals surface area contributed by atoms with Gasteiger partial charge >= 0.3 is 0 Å². The second-order valence-electron chi connectivity index (χ2n) is 7.11. The number of rotatable bonds is 2. The van der Waals surface area contributed by atoms with E-state index in [0.29, 0.717) is 0 Å². The Kier molecular flexibility index (Phi) is 3.69. The molecule has 2 aromatic heterocycles. The normalized spacial score (nSPS) is 17.0. The summed E-state index contributed by atoms with van der Waals surface area (Å²) in [6.45, 7) is 5.99. The molecule has 0 amide bonds. The molecule has 3 aromatic rings. The van der Waals surface area contributed by atoms with Crippen molar-refractivity contribution in [1.29, 1.82) is 0 Å². The molecule has 1 fully saturated rings. The van der Waals surface area contributed by atoms with Gasteiger partial charge in [0, 0.05) is 54.7 Å². The predicted molar refractivity (Wildman–Crippen MR) is 103 cm³/mol. The number of piperazine rings is 1. The molecule has 3 heterocycles. The molecule has 0 bridgehead atoms. The maximum atomic E-state index is 4.79. The molecule has 1 aliphatic carbocycles. The number of hydrogen-bond donors (Lipinski definition) is 0. The third-order valence-electron chi connectivity index (χ3n) is 5.46. The van der Waals surface area contributed by atoms with Crippen LogP contribution in [-0.2, 0) is 12.8 Å². The highest BCUT2D eigenvalue weighted by Gasteiger charge is 2.25. The summed E-state index contributed by atoms with van der Waals surface area (Å²) in [6, 6.07) is 6.44. The Hall–Kier alpha value is -2.76. The van der Waals surface area contributed by atoms with E-state index in [1.54, 1.807) is 6.33 Å². The molecule has 0 saturated carbocycles. The Morgan fingerprint density at radius 1 is 0.962 bits per heavy atom. The molecular weight excluding hydrogens is 324 g/mol. The third kappa shape index (κ3) is 2.66. The SMILES string of the molecule is Cc1nc2c(c(N3CCN(c4ccc5ncncc5c4)CC3)n1)CCC2. The van der Waals surface area contributed by atoms with Crippen molar-refractivity contribution in [2.45, 2.75) is 26.2 Å². The lowest BCUT2D eigenvalue weighted by atomic mass is 10.1. The molecule has 132 valence electrons. The van der Waals surface area contributed by atoms with Gasteiger partial charge in [0.05, 0.1) is 5.52 Å². The van der Waals surface area contributed by atoms with Gasteiger partial charge in [0.15, 0.2) is 0 Å². The number of anilines is 2. The quantitative estimate of drug-likeness (QED) is 0.711. The van der Waals surface area contributed by atoms with Gasteiger partial charge in [-0.05, 0) is 44.4 Å². The van der Waals surface area contributed by atoms with Crippen LogP contribution in [0.15, 0.2) is 30.7 Å². The molecule has 0 N–H and O–H groups in total. The summed E-state index contributed by atoms with van der Waals surface area (Å²) in [6.07, 6.45) is 6.91.